The number of hydrogen-bond donors (Lipinski definition) is 1. The predicted molar refractivity (Wildman–Crippen MR) is 101 cm³/mol. The molecule has 1 N–H and O–H groups in total. The molecule has 0 aliphatic carbocycles. The normalized spacial score (nSPS) is 10.8. The molecule has 0 bridgehead atoms. The molecule has 1 aromatic carbocycles. The minimum absolute atomic E-state index is 0.0773. The number of amides is 1. The van der Waals surface area contributed by atoms with Crippen LogP contribution in [0.5, 0.6) is 0 Å². The highest BCUT2D eigenvalue weighted by molar-refractivity contribution is 6.10. The summed E-state index contributed by atoms with van der Waals surface area (Å²) in [5.74, 6) is -1.88. The van der Waals surface area contributed by atoms with Crippen molar-refractivity contribution in [1.82, 2.24) is 4.90 Å². The highest BCUT2D eigenvalue weighted by Gasteiger charge is 2.28. The molecule has 0 radical (unpaired) electrons. The van der Waals surface area contributed by atoms with Crippen molar-refractivity contribution in [3.63, 3.8) is 0 Å². The van der Waals surface area contributed by atoms with Crippen LogP contribution in [0.25, 0.3) is 0 Å². The number of hydrogen-bond acceptors (Lipinski definition) is 6. The monoisotopic (exact) mass is 390 g/mol. The van der Waals surface area contributed by atoms with Gasteiger partial charge in [-0.1, -0.05) is 18.2 Å². The average molecular weight is 390 g/mol. The first-order chi connectivity index (χ1) is 13.2. The van der Waals surface area contributed by atoms with E-state index in [0.29, 0.717) is 5.56 Å². The molecule has 0 spiro atoms. The van der Waals surface area contributed by atoms with Crippen molar-refractivity contribution >= 4 is 23.5 Å². The van der Waals surface area contributed by atoms with Crippen LogP contribution in [-0.2, 0) is 16.1 Å². The molecule has 0 unspecified atom stereocenters. The number of benzene rings is 1. The number of ketones is 1. The molecule has 0 aliphatic heterocycles. The molecule has 0 atom stereocenters. The molecule has 150 valence electrons. The number of ether oxygens (including phenoxy) is 1. The Labute approximate surface area is 162 Å². The maximum atomic E-state index is 13.7. The SMILES string of the molecule is CCOC(=O)c1c(NC(=O)CN(C)Cc2ccccc2F)oc(C)c1C(C)=O. The van der Waals surface area contributed by atoms with Gasteiger partial charge in [0.25, 0.3) is 0 Å². The molecule has 2 rings (SSSR count). The number of esters is 1. The van der Waals surface area contributed by atoms with Crippen LogP contribution in [-0.4, -0.2) is 42.8 Å². The lowest BCUT2D eigenvalue weighted by atomic mass is 10.1. The van der Waals surface area contributed by atoms with Crippen molar-refractivity contribution in [2.45, 2.75) is 27.3 Å². The van der Waals surface area contributed by atoms with Gasteiger partial charge in [0, 0.05) is 12.1 Å². The molecule has 0 saturated carbocycles. The van der Waals surface area contributed by atoms with Crippen molar-refractivity contribution in [3.8, 4) is 0 Å². The van der Waals surface area contributed by atoms with Gasteiger partial charge in [-0.05, 0) is 33.9 Å². The van der Waals surface area contributed by atoms with Crippen LogP contribution in [0.1, 0.15) is 45.9 Å². The molecule has 0 fully saturated rings. The average Bonchev–Trinajstić information content (AvgIpc) is 2.93. The van der Waals surface area contributed by atoms with Crippen LogP contribution in [0, 0.1) is 12.7 Å². The Morgan fingerprint density at radius 2 is 1.89 bits per heavy atom. The fourth-order valence-electron chi connectivity index (χ4n) is 2.84. The molecule has 7 nitrogen and oxygen atoms in total. The lowest BCUT2D eigenvalue weighted by Gasteiger charge is -2.16. The Morgan fingerprint density at radius 1 is 1.21 bits per heavy atom. The van der Waals surface area contributed by atoms with E-state index in [2.05, 4.69) is 5.32 Å². The maximum Gasteiger partial charge on any atom is 0.344 e. The summed E-state index contributed by atoms with van der Waals surface area (Å²) in [6.07, 6.45) is 0. The second kappa shape index (κ2) is 9.27. The zero-order valence-corrected chi connectivity index (χ0v) is 16.3. The van der Waals surface area contributed by atoms with Gasteiger partial charge in [-0.3, -0.25) is 19.8 Å². The van der Waals surface area contributed by atoms with Gasteiger partial charge >= 0.3 is 5.97 Å². The van der Waals surface area contributed by atoms with Gasteiger partial charge in [0.1, 0.15) is 17.1 Å². The lowest BCUT2D eigenvalue weighted by molar-refractivity contribution is -0.117. The molecular formula is C20H23FN2O5. The van der Waals surface area contributed by atoms with Gasteiger partial charge in [-0.25, -0.2) is 9.18 Å². The van der Waals surface area contributed by atoms with Gasteiger partial charge in [-0.2, -0.15) is 0 Å². The van der Waals surface area contributed by atoms with Crippen molar-refractivity contribution in [2.24, 2.45) is 0 Å². The highest BCUT2D eigenvalue weighted by Crippen LogP contribution is 2.28. The molecular weight excluding hydrogens is 367 g/mol. The number of carbonyl (C=O) groups is 3. The topological polar surface area (TPSA) is 88.8 Å². The van der Waals surface area contributed by atoms with Crippen LogP contribution in [0.4, 0.5) is 10.3 Å². The lowest BCUT2D eigenvalue weighted by Crippen LogP contribution is -2.30. The van der Waals surface area contributed by atoms with Gasteiger partial charge < -0.3 is 9.15 Å². The first kappa shape index (κ1) is 21.3. The summed E-state index contributed by atoms with van der Waals surface area (Å²) in [6.45, 7) is 4.72. The van der Waals surface area contributed by atoms with Crippen LogP contribution < -0.4 is 5.32 Å². The number of carbonyl (C=O) groups excluding carboxylic acids is 3. The molecule has 1 aromatic heterocycles. The van der Waals surface area contributed by atoms with E-state index in [9.17, 15) is 18.8 Å². The molecule has 8 heteroatoms. The summed E-state index contributed by atoms with van der Waals surface area (Å²) in [5.41, 5.74) is 0.433. The van der Waals surface area contributed by atoms with Gasteiger partial charge in [0.2, 0.25) is 11.8 Å². The minimum atomic E-state index is -0.750. The second-order valence-electron chi connectivity index (χ2n) is 6.33. The third-order valence-corrected chi connectivity index (χ3v) is 3.98. The molecule has 2 aromatic rings. The van der Waals surface area contributed by atoms with Gasteiger partial charge in [-0.15, -0.1) is 0 Å². The first-order valence-electron chi connectivity index (χ1n) is 8.77. The quantitative estimate of drug-likeness (QED) is 0.550. The van der Waals surface area contributed by atoms with Crippen molar-refractivity contribution in [2.75, 3.05) is 25.5 Å². The van der Waals surface area contributed by atoms with Crippen LogP contribution in [0.15, 0.2) is 28.7 Å². The summed E-state index contributed by atoms with van der Waals surface area (Å²) < 4.78 is 24.2. The van der Waals surface area contributed by atoms with Crippen molar-refractivity contribution in [3.05, 3.63) is 52.5 Å². The van der Waals surface area contributed by atoms with Gasteiger partial charge in [0.05, 0.1) is 18.7 Å². The van der Waals surface area contributed by atoms with Crippen LogP contribution >= 0.6 is 0 Å². The number of nitrogens with one attached hydrogen (secondary N) is 1. The Balaban J connectivity index is 2.15. The molecule has 0 aliphatic rings. The fraction of sp³-hybridized carbons (Fsp3) is 0.350. The number of aryl methyl sites for hydroxylation is 1. The Kier molecular flexibility index (Phi) is 7.06. The summed E-state index contributed by atoms with van der Waals surface area (Å²) in [5, 5.41) is 2.50. The zero-order chi connectivity index (χ0) is 20.8. The number of anilines is 1. The smallest absolute Gasteiger partial charge is 0.344 e. The molecule has 28 heavy (non-hydrogen) atoms. The van der Waals surface area contributed by atoms with Gasteiger partial charge in [0.15, 0.2) is 5.78 Å². The zero-order valence-electron chi connectivity index (χ0n) is 16.3. The standard InChI is InChI=1S/C20H23FN2O5/c1-5-27-20(26)18-17(12(2)24)13(3)28-19(18)22-16(25)11-23(4)10-14-8-6-7-9-15(14)21/h6-9H,5,10-11H2,1-4H3,(H,22,25). The van der Waals surface area contributed by atoms with E-state index in [0.717, 1.165) is 0 Å². The summed E-state index contributed by atoms with van der Waals surface area (Å²) in [6, 6.07) is 6.29. The van der Waals surface area contributed by atoms with E-state index in [-0.39, 0.29) is 54.1 Å². The van der Waals surface area contributed by atoms with E-state index < -0.39 is 11.9 Å². The van der Waals surface area contributed by atoms with Crippen molar-refractivity contribution < 1.29 is 27.9 Å². The first-order valence-corrected chi connectivity index (χ1v) is 8.77. The minimum Gasteiger partial charge on any atom is -0.462 e. The van der Waals surface area contributed by atoms with E-state index in [1.807, 2.05) is 0 Å². The summed E-state index contributed by atoms with van der Waals surface area (Å²) in [4.78, 5) is 38.1. The summed E-state index contributed by atoms with van der Waals surface area (Å²) >= 11 is 0. The Hall–Kier alpha value is -3.00. The number of likely N-dealkylation sites (N-methyl/N-ethyl adjacent to an activating group) is 1. The third-order valence-electron chi connectivity index (χ3n) is 3.98. The fourth-order valence-corrected chi connectivity index (χ4v) is 2.84. The van der Waals surface area contributed by atoms with E-state index >= 15 is 0 Å². The van der Waals surface area contributed by atoms with E-state index in [4.69, 9.17) is 9.15 Å². The predicted octanol–water partition coefficient (Wildman–Crippen LogP) is 3.18. The van der Waals surface area contributed by atoms with Crippen LogP contribution in [0.2, 0.25) is 0 Å². The Bertz CT molecular complexity index is 891. The van der Waals surface area contributed by atoms with E-state index in [1.165, 1.54) is 19.9 Å². The molecule has 1 heterocycles. The van der Waals surface area contributed by atoms with Crippen LogP contribution in [0.3, 0.4) is 0 Å². The number of furan rings is 1. The molecule has 0 saturated heterocycles. The number of nitrogens with zero attached hydrogens (tertiary/aromatic N) is 1. The number of Topliss-reactive ketones (excluding diaryl/α,β-unsaturated/α-hetero) is 1. The second-order valence-corrected chi connectivity index (χ2v) is 6.33. The number of halogens is 1. The number of rotatable bonds is 8. The van der Waals surface area contributed by atoms with E-state index in [1.54, 1.807) is 37.1 Å². The molecule has 1 amide bonds. The van der Waals surface area contributed by atoms with Crippen molar-refractivity contribution in [1.29, 1.82) is 0 Å². The maximum absolute atomic E-state index is 13.7. The largest absolute Gasteiger partial charge is 0.462 e. The Morgan fingerprint density at radius 3 is 2.50 bits per heavy atom. The summed E-state index contributed by atoms with van der Waals surface area (Å²) in [7, 11) is 1.66. The highest BCUT2D eigenvalue weighted by atomic mass is 19.1. The third kappa shape index (κ3) is 5.04.